The molecular weight excluding hydrogens is 599 g/mol. The molecule has 1 saturated heterocycles. The van der Waals surface area contributed by atoms with Gasteiger partial charge >= 0.3 is 5.97 Å². The molecule has 0 N–H and O–H groups in total. The number of aliphatic imine (C=N–C) groups is 1. The van der Waals surface area contributed by atoms with Crippen molar-refractivity contribution < 1.29 is 19.1 Å². The van der Waals surface area contributed by atoms with Gasteiger partial charge < -0.3 is 9.47 Å². The first-order valence-electron chi connectivity index (χ1n) is 11.1. The van der Waals surface area contributed by atoms with Crippen LogP contribution in [-0.2, 0) is 16.1 Å². The van der Waals surface area contributed by atoms with E-state index in [2.05, 4.69) is 20.9 Å². The Hall–Kier alpha value is -2.78. The summed E-state index contributed by atoms with van der Waals surface area (Å²) in [6.07, 6.45) is 1.78. The number of halogens is 3. The Morgan fingerprint density at radius 1 is 1.08 bits per heavy atom. The van der Waals surface area contributed by atoms with Crippen LogP contribution in [0, 0.1) is 0 Å². The minimum absolute atomic E-state index is 0.178. The van der Waals surface area contributed by atoms with Crippen molar-refractivity contribution in [3.05, 3.63) is 96.8 Å². The Bertz CT molecular complexity index is 1410. The standard InChI is InChI=1S/C27H21BrCl2N2O4S/c1-3-35-26(34)17-5-8-20(9-6-17)31-27-32(2)25(33)24(37-27)14-18-13-19(28)7-11-23(18)36-15-16-4-10-21(29)22(30)12-16/h4-14H,3,15H2,1-2H3. The van der Waals surface area contributed by atoms with E-state index in [-0.39, 0.29) is 18.5 Å². The number of benzene rings is 3. The molecule has 0 aliphatic carbocycles. The van der Waals surface area contributed by atoms with Crippen LogP contribution in [0.5, 0.6) is 5.75 Å². The summed E-state index contributed by atoms with van der Waals surface area (Å²) in [4.78, 5) is 31.4. The smallest absolute Gasteiger partial charge is 0.338 e. The first-order chi connectivity index (χ1) is 17.7. The molecule has 3 aromatic carbocycles. The van der Waals surface area contributed by atoms with E-state index < -0.39 is 0 Å². The van der Waals surface area contributed by atoms with Crippen LogP contribution in [0.4, 0.5) is 5.69 Å². The molecule has 190 valence electrons. The predicted octanol–water partition coefficient (Wildman–Crippen LogP) is 7.75. The van der Waals surface area contributed by atoms with Crippen LogP contribution in [0.3, 0.4) is 0 Å². The van der Waals surface area contributed by atoms with Crippen molar-refractivity contribution in [2.45, 2.75) is 13.5 Å². The van der Waals surface area contributed by atoms with Gasteiger partial charge in [-0.3, -0.25) is 9.69 Å². The van der Waals surface area contributed by atoms with E-state index in [9.17, 15) is 9.59 Å². The summed E-state index contributed by atoms with van der Waals surface area (Å²) in [6.45, 7) is 2.35. The Labute approximate surface area is 237 Å². The molecule has 0 bridgehead atoms. The Morgan fingerprint density at radius 3 is 2.54 bits per heavy atom. The third kappa shape index (κ3) is 6.76. The molecule has 1 aliphatic rings. The van der Waals surface area contributed by atoms with Gasteiger partial charge in [-0.25, -0.2) is 9.79 Å². The summed E-state index contributed by atoms with van der Waals surface area (Å²) in [7, 11) is 1.67. The molecule has 4 rings (SSSR count). The van der Waals surface area contributed by atoms with Gasteiger partial charge in [-0.2, -0.15) is 0 Å². The van der Waals surface area contributed by atoms with E-state index in [1.807, 2.05) is 24.3 Å². The largest absolute Gasteiger partial charge is 0.488 e. The van der Waals surface area contributed by atoms with Gasteiger partial charge in [0.2, 0.25) is 0 Å². The normalized spacial score (nSPS) is 15.5. The summed E-state index contributed by atoms with van der Waals surface area (Å²) in [6, 6.07) is 17.6. The molecule has 0 unspecified atom stereocenters. The van der Waals surface area contributed by atoms with Gasteiger partial charge in [-0.1, -0.05) is 45.2 Å². The highest BCUT2D eigenvalue weighted by Gasteiger charge is 2.30. The van der Waals surface area contributed by atoms with Crippen LogP contribution in [0.2, 0.25) is 10.0 Å². The lowest BCUT2D eigenvalue weighted by atomic mass is 10.1. The molecule has 37 heavy (non-hydrogen) atoms. The number of hydrogen-bond donors (Lipinski definition) is 0. The monoisotopic (exact) mass is 618 g/mol. The van der Waals surface area contributed by atoms with Crippen LogP contribution >= 0.6 is 50.9 Å². The minimum atomic E-state index is -0.388. The zero-order valence-electron chi connectivity index (χ0n) is 19.8. The number of nitrogens with zero attached hydrogens (tertiary/aromatic N) is 2. The number of hydrogen-bond acceptors (Lipinski definition) is 6. The van der Waals surface area contributed by atoms with Gasteiger partial charge in [0.1, 0.15) is 12.4 Å². The third-order valence-corrected chi connectivity index (χ3v) is 7.54. The van der Waals surface area contributed by atoms with Crippen LogP contribution in [0.25, 0.3) is 6.08 Å². The second-order valence-electron chi connectivity index (χ2n) is 7.86. The minimum Gasteiger partial charge on any atom is -0.488 e. The molecule has 3 aromatic rings. The first-order valence-corrected chi connectivity index (χ1v) is 13.5. The molecule has 0 radical (unpaired) electrons. The molecule has 10 heteroatoms. The molecule has 0 atom stereocenters. The van der Waals surface area contributed by atoms with E-state index in [0.717, 1.165) is 15.6 Å². The van der Waals surface area contributed by atoms with Gasteiger partial charge in [0.15, 0.2) is 5.17 Å². The maximum absolute atomic E-state index is 13.0. The van der Waals surface area contributed by atoms with Gasteiger partial charge in [0, 0.05) is 17.1 Å². The SMILES string of the molecule is CCOC(=O)c1ccc(N=C2SC(=Cc3cc(Br)ccc3OCc3ccc(Cl)c(Cl)c3)C(=O)N2C)cc1. The molecular formula is C27H21BrCl2N2O4S. The van der Waals surface area contributed by atoms with Crippen molar-refractivity contribution in [3.63, 3.8) is 0 Å². The lowest BCUT2D eigenvalue weighted by Crippen LogP contribution is -2.23. The molecule has 0 spiro atoms. The number of ether oxygens (including phenoxy) is 2. The summed E-state index contributed by atoms with van der Waals surface area (Å²) in [5.41, 5.74) is 2.66. The number of amides is 1. The van der Waals surface area contributed by atoms with Gasteiger partial charge in [-0.05, 0) is 84.9 Å². The average Bonchev–Trinajstić information content (AvgIpc) is 3.13. The molecule has 6 nitrogen and oxygen atoms in total. The van der Waals surface area contributed by atoms with Crippen molar-refractivity contribution in [1.82, 2.24) is 4.90 Å². The van der Waals surface area contributed by atoms with Crippen molar-refractivity contribution in [2.24, 2.45) is 4.99 Å². The van der Waals surface area contributed by atoms with Crippen molar-refractivity contribution in [1.29, 1.82) is 0 Å². The Balaban J connectivity index is 1.54. The Kier molecular flexibility index (Phi) is 8.97. The fourth-order valence-corrected chi connectivity index (χ4v) is 5.02. The quantitative estimate of drug-likeness (QED) is 0.200. The maximum Gasteiger partial charge on any atom is 0.338 e. The van der Waals surface area contributed by atoms with Crippen LogP contribution in [-0.4, -0.2) is 35.6 Å². The summed E-state index contributed by atoms with van der Waals surface area (Å²) < 4.78 is 11.9. The molecule has 1 amide bonds. The van der Waals surface area contributed by atoms with Gasteiger partial charge in [-0.15, -0.1) is 0 Å². The van der Waals surface area contributed by atoms with E-state index in [1.54, 1.807) is 56.4 Å². The summed E-state index contributed by atoms with van der Waals surface area (Å²) >= 11 is 16.9. The highest BCUT2D eigenvalue weighted by Crippen LogP contribution is 2.36. The van der Waals surface area contributed by atoms with Crippen LogP contribution < -0.4 is 4.74 Å². The highest BCUT2D eigenvalue weighted by atomic mass is 79.9. The van der Waals surface area contributed by atoms with Crippen molar-refractivity contribution in [2.75, 3.05) is 13.7 Å². The van der Waals surface area contributed by atoms with Crippen molar-refractivity contribution >= 4 is 79.7 Å². The van der Waals surface area contributed by atoms with E-state index in [1.165, 1.54) is 16.7 Å². The number of carbonyl (C=O) groups excluding carboxylic acids is 2. The number of amidine groups is 1. The zero-order chi connectivity index (χ0) is 26.5. The predicted molar refractivity (Wildman–Crippen MR) is 153 cm³/mol. The summed E-state index contributed by atoms with van der Waals surface area (Å²) in [5.74, 6) is 0.0423. The molecule has 0 saturated carbocycles. The first kappa shape index (κ1) is 27.3. The average molecular weight is 620 g/mol. The van der Waals surface area contributed by atoms with Crippen LogP contribution in [0.15, 0.2) is 75.0 Å². The van der Waals surface area contributed by atoms with Crippen LogP contribution in [0.1, 0.15) is 28.4 Å². The van der Waals surface area contributed by atoms with E-state index in [0.29, 0.717) is 43.7 Å². The number of likely N-dealkylation sites (N-methyl/N-ethyl adjacent to an activating group) is 1. The number of esters is 1. The van der Waals surface area contributed by atoms with E-state index >= 15 is 0 Å². The summed E-state index contributed by atoms with van der Waals surface area (Å²) in [5, 5.41) is 1.46. The molecule has 1 heterocycles. The second-order valence-corrected chi connectivity index (χ2v) is 10.6. The number of rotatable bonds is 7. The van der Waals surface area contributed by atoms with Crippen molar-refractivity contribution in [3.8, 4) is 5.75 Å². The maximum atomic E-state index is 13.0. The number of thioether (sulfide) groups is 1. The molecule has 0 aromatic heterocycles. The third-order valence-electron chi connectivity index (χ3n) is 5.24. The van der Waals surface area contributed by atoms with Gasteiger partial charge in [0.05, 0.1) is 32.8 Å². The zero-order valence-corrected chi connectivity index (χ0v) is 23.7. The van der Waals surface area contributed by atoms with E-state index in [4.69, 9.17) is 32.7 Å². The fraction of sp³-hybridized carbons (Fsp3) is 0.148. The lowest BCUT2D eigenvalue weighted by molar-refractivity contribution is -0.121. The molecule has 1 aliphatic heterocycles. The lowest BCUT2D eigenvalue weighted by Gasteiger charge is -2.11. The molecule has 1 fully saturated rings. The fourth-order valence-electron chi connectivity index (χ4n) is 3.34. The Morgan fingerprint density at radius 2 is 1.84 bits per heavy atom. The second kappa shape index (κ2) is 12.2. The highest BCUT2D eigenvalue weighted by molar-refractivity contribution is 9.10. The van der Waals surface area contributed by atoms with Gasteiger partial charge in [0.25, 0.3) is 5.91 Å². The topological polar surface area (TPSA) is 68.2 Å². The number of carbonyl (C=O) groups is 2.